The molecular weight excluding hydrogens is 283 g/mol. The summed E-state index contributed by atoms with van der Waals surface area (Å²) in [5, 5.41) is 19.2. The molecule has 11 heteroatoms. The Labute approximate surface area is 101 Å². The smallest absolute Gasteiger partial charge is 0.391 e. The predicted octanol–water partition coefficient (Wildman–Crippen LogP) is 2.32. The first kappa shape index (κ1) is 15.0. The maximum Gasteiger partial charge on any atom is 0.575 e. The number of aliphatic hydroxyl groups is 1. The second-order valence-electron chi connectivity index (χ2n) is 3.12. The highest BCUT2D eigenvalue weighted by Gasteiger charge is 2.37. The van der Waals surface area contributed by atoms with E-state index in [1.54, 1.807) is 0 Å². The van der Waals surface area contributed by atoms with E-state index in [1.807, 2.05) is 0 Å². The molecule has 0 unspecified atom stereocenters. The number of nitro groups is 1. The number of alkyl halides is 5. The van der Waals surface area contributed by atoms with Crippen molar-refractivity contribution in [2.45, 2.75) is 19.4 Å². The van der Waals surface area contributed by atoms with Crippen LogP contribution in [0.2, 0.25) is 0 Å². The van der Waals surface area contributed by atoms with Gasteiger partial charge >= 0.3 is 18.1 Å². The van der Waals surface area contributed by atoms with Gasteiger partial charge in [-0.25, -0.2) is 8.78 Å². The van der Waals surface area contributed by atoms with E-state index in [0.29, 0.717) is 0 Å². The molecule has 0 radical (unpaired) electrons. The van der Waals surface area contributed by atoms with Crippen molar-refractivity contribution in [3.63, 3.8) is 0 Å². The number of aliphatic hydroxyl groups excluding tert-OH is 1. The van der Waals surface area contributed by atoms with E-state index in [0.717, 1.165) is 0 Å². The van der Waals surface area contributed by atoms with Crippen molar-refractivity contribution < 1.29 is 36.7 Å². The van der Waals surface area contributed by atoms with Crippen LogP contribution in [0.15, 0.2) is 6.07 Å². The van der Waals surface area contributed by atoms with Crippen molar-refractivity contribution in [1.82, 2.24) is 4.98 Å². The van der Waals surface area contributed by atoms with Crippen molar-refractivity contribution in [3.05, 3.63) is 27.3 Å². The summed E-state index contributed by atoms with van der Waals surface area (Å²) in [7, 11) is 0. The van der Waals surface area contributed by atoms with Gasteiger partial charge < -0.3 is 20.0 Å². The quantitative estimate of drug-likeness (QED) is 0.522. The van der Waals surface area contributed by atoms with Crippen molar-refractivity contribution in [1.29, 1.82) is 0 Å². The number of aromatic nitrogens is 1. The molecule has 6 nitrogen and oxygen atoms in total. The standard InChI is InChI=1S/C8H5F5N2O4/c9-6(10)3-1-5(15(17)18)14-7(4(3)2-16)19-8(11,12)13/h1,6,16H,2H2. The maximum atomic E-state index is 12.6. The van der Waals surface area contributed by atoms with Gasteiger partial charge in [-0.3, -0.25) is 0 Å². The highest BCUT2D eigenvalue weighted by molar-refractivity contribution is 5.41. The largest absolute Gasteiger partial charge is 0.575 e. The second kappa shape index (κ2) is 5.30. The molecule has 0 saturated carbocycles. The van der Waals surface area contributed by atoms with Gasteiger partial charge in [0.25, 0.3) is 6.43 Å². The molecule has 1 heterocycles. The zero-order chi connectivity index (χ0) is 14.8. The summed E-state index contributed by atoms with van der Waals surface area (Å²) in [6.07, 6.45) is -8.62. The van der Waals surface area contributed by atoms with Crippen LogP contribution in [0.5, 0.6) is 5.88 Å². The van der Waals surface area contributed by atoms with E-state index in [9.17, 15) is 32.1 Å². The lowest BCUT2D eigenvalue weighted by atomic mass is 10.1. The van der Waals surface area contributed by atoms with Crippen molar-refractivity contribution in [3.8, 4) is 5.88 Å². The number of pyridine rings is 1. The number of hydrogen-bond acceptors (Lipinski definition) is 5. The molecule has 0 saturated heterocycles. The van der Waals surface area contributed by atoms with E-state index in [-0.39, 0.29) is 6.07 Å². The average molecular weight is 288 g/mol. The van der Waals surface area contributed by atoms with Crippen molar-refractivity contribution in [2.24, 2.45) is 0 Å². The van der Waals surface area contributed by atoms with Crippen LogP contribution < -0.4 is 4.74 Å². The fourth-order valence-electron chi connectivity index (χ4n) is 1.19. The van der Waals surface area contributed by atoms with Crippen LogP contribution >= 0.6 is 0 Å². The van der Waals surface area contributed by atoms with Gasteiger partial charge in [-0.15, -0.1) is 13.2 Å². The van der Waals surface area contributed by atoms with Gasteiger partial charge in [0.05, 0.1) is 12.2 Å². The minimum absolute atomic E-state index is 0.277. The number of nitrogens with zero attached hydrogens (tertiary/aromatic N) is 2. The zero-order valence-electron chi connectivity index (χ0n) is 8.82. The molecule has 0 atom stereocenters. The average Bonchev–Trinajstić information content (AvgIpc) is 2.25. The van der Waals surface area contributed by atoms with Gasteiger partial charge in [-0.05, 0) is 4.92 Å². The molecule has 0 aliphatic heterocycles. The Balaban J connectivity index is 3.44. The Morgan fingerprint density at radius 1 is 1.47 bits per heavy atom. The van der Waals surface area contributed by atoms with Gasteiger partial charge in [0.2, 0.25) is 0 Å². The summed E-state index contributed by atoms with van der Waals surface area (Å²) >= 11 is 0. The topological polar surface area (TPSA) is 85.5 Å². The first-order valence-electron chi connectivity index (χ1n) is 4.48. The summed E-state index contributed by atoms with van der Waals surface area (Å²) in [5.41, 5.74) is -2.11. The Morgan fingerprint density at radius 3 is 2.42 bits per heavy atom. The third kappa shape index (κ3) is 3.71. The van der Waals surface area contributed by atoms with E-state index < -0.39 is 47.1 Å². The van der Waals surface area contributed by atoms with E-state index in [4.69, 9.17) is 5.11 Å². The van der Waals surface area contributed by atoms with Crippen LogP contribution in [0.25, 0.3) is 0 Å². The first-order valence-corrected chi connectivity index (χ1v) is 4.48. The van der Waals surface area contributed by atoms with E-state index >= 15 is 0 Å². The number of hydrogen-bond donors (Lipinski definition) is 1. The summed E-state index contributed by atoms with van der Waals surface area (Å²) < 4.78 is 64.5. The van der Waals surface area contributed by atoms with Gasteiger partial charge in [0.1, 0.15) is 0 Å². The molecule has 0 spiro atoms. The van der Waals surface area contributed by atoms with Gasteiger partial charge in [0, 0.05) is 16.6 Å². The van der Waals surface area contributed by atoms with E-state index in [1.165, 1.54) is 0 Å². The van der Waals surface area contributed by atoms with Gasteiger partial charge in [0.15, 0.2) is 0 Å². The summed E-state index contributed by atoms with van der Waals surface area (Å²) in [6, 6.07) is 0.277. The second-order valence-corrected chi connectivity index (χ2v) is 3.12. The summed E-state index contributed by atoms with van der Waals surface area (Å²) in [6.45, 7) is -1.24. The molecule has 1 aromatic heterocycles. The highest BCUT2D eigenvalue weighted by atomic mass is 19.4. The molecule has 1 aromatic rings. The molecule has 0 fully saturated rings. The SMILES string of the molecule is O=[N+]([O-])c1cc(C(F)F)c(CO)c(OC(F)(F)F)n1. The van der Waals surface area contributed by atoms with E-state index in [2.05, 4.69) is 9.72 Å². The molecule has 0 aliphatic rings. The maximum absolute atomic E-state index is 12.6. The van der Waals surface area contributed by atoms with Crippen LogP contribution in [0, 0.1) is 10.1 Å². The number of rotatable bonds is 4. The lowest BCUT2D eigenvalue weighted by molar-refractivity contribution is -0.390. The fraction of sp³-hybridized carbons (Fsp3) is 0.375. The van der Waals surface area contributed by atoms with Crippen LogP contribution in [-0.2, 0) is 6.61 Å². The Kier molecular flexibility index (Phi) is 4.19. The Morgan fingerprint density at radius 2 is 2.05 bits per heavy atom. The van der Waals surface area contributed by atoms with Crippen molar-refractivity contribution in [2.75, 3.05) is 0 Å². The third-order valence-electron chi connectivity index (χ3n) is 1.90. The van der Waals surface area contributed by atoms with Crippen molar-refractivity contribution >= 4 is 5.82 Å². The van der Waals surface area contributed by atoms with Crippen LogP contribution in [0.3, 0.4) is 0 Å². The fourth-order valence-corrected chi connectivity index (χ4v) is 1.19. The molecule has 0 aromatic carbocycles. The third-order valence-corrected chi connectivity index (χ3v) is 1.90. The molecule has 106 valence electrons. The normalized spacial score (nSPS) is 11.7. The predicted molar refractivity (Wildman–Crippen MR) is 48.5 cm³/mol. The number of ether oxygens (including phenoxy) is 1. The molecule has 19 heavy (non-hydrogen) atoms. The lowest BCUT2D eigenvalue weighted by Crippen LogP contribution is -2.20. The zero-order valence-corrected chi connectivity index (χ0v) is 8.82. The summed E-state index contributed by atoms with van der Waals surface area (Å²) in [4.78, 5) is 12.0. The Hall–Kier alpha value is -2.04. The van der Waals surface area contributed by atoms with Crippen LogP contribution in [-0.4, -0.2) is 21.4 Å². The van der Waals surface area contributed by atoms with Crippen LogP contribution in [0.1, 0.15) is 17.6 Å². The Bertz CT molecular complexity index is 491. The molecule has 0 amide bonds. The molecular formula is C8H5F5N2O4. The highest BCUT2D eigenvalue weighted by Crippen LogP contribution is 2.34. The lowest BCUT2D eigenvalue weighted by Gasteiger charge is -2.11. The number of halogens is 5. The minimum atomic E-state index is -5.29. The monoisotopic (exact) mass is 288 g/mol. The first-order chi connectivity index (χ1) is 8.65. The summed E-state index contributed by atoms with van der Waals surface area (Å²) in [5.74, 6) is -2.72. The van der Waals surface area contributed by atoms with Crippen LogP contribution in [0.4, 0.5) is 27.8 Å². The molecule has 0 aliphatic carbocycles. The minimum Gasteiger partial charge on any atom is -0.391 e. The molecule has 0 bridgehead atoms. The van der Waals surface area contributed by atoms with Gasteiger partial charge in [-0.2, -0.15) is 0 Å². The molecule has 1 N–H and O–H groups in total. The molecule has 1 rings (SSSR count). The van der Waals surface area contributed by atoms with Gasteiger partial charge in [-0.1, -0.05) is 0 Å².